The summed E-state index contributed by atoms with van der Waals surface area (Å²) in [6.45, 7) is 0.927. The molecule has 2 aromatic rings. The molecular formula is C18H17F3N4O2S. The highest BCUT2D eigenvalue weighted by atomic mass is 32.1. The van der Waals surface area contributed by atoms with Gasteiger partial charge in [-0.05, 0) is 36.5 Å². The van der Waals surface area contributed by atoms with E-state index in [9.17, 15) is 22.8 Å². The summed E-state index contributed by atoms with van der Waals surface area (Å²) in [4.78, 5) is 28.3. The zero-order chi connectivity index (χ0) is 19.9. The molecule has 148 valence electrons. The molecule has 1 saturated heterocycles. The number of rotatable bonds is 4. The lowest BCUT2D eigenvalue weighted by Gasteiger charge is -2.22. The number of hydrogen-bond acceptors (Lipinski definition) is 5. The summed E-state index contributed by atoms with van der Waals surface area (Å²) in [5.41, 5.74) is 0.740. The van der Waals surface area contributed by atoms with Gasteiger partial charge in [-0.2, -0.15) is 13.2 Å². The summed E-state index contributed by atoms with van der Waals surface area (Å²) in [5, 5.41) is 8.59. The number of benzene rings is 1. The molecule has 2 aliphatic rings. The van der Waals surface area contributed by atoms with Crippen LogP contribution >= 0.6 is 11.3 Å². The van der Waals surface area contributed by atoms with E-state index in [4.69, 9.17) is 0 Å². The van der Waals surface area contributed by atoms with E-state index in [0.29, 0.717) is 27.4 Å². The van der Waals surface area contributed by atoms with Crippen molar-refractivity contribution in [2.45, 2.75) is 31.1 Å². The molecule has 2 bridgehead atoms. The van der Waals surface area contributed by atoms with Gasteiger partial charge in [-0.3, -0.25) is 9.59 Å². The number of piperidine rings is 1. The first-order valence-electron chi connectivity index (χ1n) is 8.78. The predicted octanol–water partition coefficient (Wildman–Crippen LogP) is 2.79. The van der Waals surface area contributed by atoms with Gasteiger partial charge < -0.3 is 16.0 Å². The van der Waals surface area contributed by atoms with Gasteiger partial charge in [0, 0.05) is 30.5 Å². The lowest BCUT2D eigenvalue weighted by molar-refractivity contribution is -0.167. The Morgan fingerprint density at radius 2 is 1.93 bits per heavy atom. The average molecular weight is 410 g/mol. The first-order chi connectivity index (χ1) is 13.3. The normalized spacial score (nSPS) is 23.6. The van der Waals surface area contributed by atoms with Crippen LogP contribution in [0.1, 0.15) is 22.6 Å². The minimum absolute atomic E-state index is 0.0402. The van der Waals surface area contributed by atoms with Crippen molar-refractivity contribution < 1.29 is 22.8 Å². The largest absolute Gasteiger partial charge is 0.471 e. The highest BCUT2D eigenvalue weighted by molar-refractivity contribution is 7.17. The summed E-state index contributed by atoms with van der Waals surface area (Å²) >= 11 is 1.22. The number of alkyl halides is 3. The number of hydrogen-bond donors (Lipinski definition) is 3. The van der Waals surface area contributed by atoms with Crippen molar-refractivity contribution in [1.82, 2.24) is 15.6 Å². The molecule has 4 rings (SSSR count). The first kappa shape index (κ1) is 18.9. The van der Waals surface area contributed by atoms with Crippen LogP contribution in [0.2, 0.25) is 0 Å². The number of halogens is 3. The summed E-state index contributed by atoms with van der Waals surface area (Å²) in [6, 6.07) is 6.55. The van der Waals surface area contributed by atoms with Gasteiger partial charge >= 0.3 is 12.1 Å². The van der Waals surface area contributed by atoms with E-state index in [0.717, 1.165) is 19.4 Å². The molecule has 2 heterocycles. The van der Waals surface area contributed by atoms with Crippen LogP contribution in [0.3, 0.4) is 0 Å². The highest BCUT2D eigenvalue weighted by Crippen LogP contribution is 2.32. The number of nitrogens with zero attached hydrogens (tertiary/aromatic N) is 1. The lowest BCUT2D eigenvalue weighted by Crippen LogP contribution is -2.44. The Morgan fingerprint density at radius 3 is 2.54 bits per heavy atom. The fourth-order valence-electron chi connectivity index (χ4n) is 3.67. The van der Waals surface area contributed by atoms with Crippen molar-refractivity contribution in [2.75, 3.05) is 11.9 Å². The third kappa shape index (κ3) is 3.88. The fraction of sp³-hybridized carbons (Fsp3) is 0.389. The number of amides is 2. The van der Waals surface area contributed by atoms with Crippen LogP contribution in [-0.2, 0) is 4.79 Å². The zero-order valence-electron chi connectivity index (χ0n) is 14.5. The second-order valence-corrected chi connectivity index (χ2v) is 8.01. The van der Waals surface area contributed by atoms with Crippen molar-refractivity contribution in [3.05, 3.63) is 35.5 Å². The number of nitrogens with one attached hydrogen (secondary N) is 3. The van der Waals surface area contributed by atoms with Gasteiger partial charge in [0.2, 0.25) is 0 Å². The van der Waals surface area contributed by atoms with Crippen LogP contribution in [0, 0.1) is 5.92 Å². The monoisotopic (exact) mass is 410 g/mol. The van der Waals surface area contributed by atoms with E-state index < -0.39 is 12.1 Å². The number of thiazole rings is 1. The van der Waals surface area contributed by atoms with Gasteiger partial charge in [0.15, 0.2) is 5.01 Å². The number of carbonyl (C=O) groups excluding carboxylic acids is 2. The number of carbonyl (C=O) groups is 2. The van der Waals surface area contributed by atoms with Crippen LogP contribution < -0.4 is 16.0 Å². The topological polar surface area (TPSA) is 83.1 Å². The highest BCUT2D eigenvalue weighted by Gasteiger charge is 2.40. The summed E-state index contributed by atoms with van der Waals surface area (Å²) < 4.78 is 36.9. The maximum Gasteiger partial charge on any atom is 0.471 e. The lowest BCUT2D eigenvalue weighted by atomic mass is 10.0. The number of anilines is 1. The maximum absolute atomic E-state index is 12.5. The van der Waals surface area contributed by atoms with Crippen LogP contribution in [0.5, 0.6) is 0 Å². The van der Waals surface area contributed by atoms with Gasteiger partial charge in [0.05, 0.1) is 4.88 Å². The minimum atomic E-state index is -4.94. The van der Waals surface area contributed by atoms with E-state index in [1.807, 2.05) is 0 Å². The molecule has 1 aromatic carbocycles. The molecule has 2 fully saturated rings. The van der Waals surface area contributed by atoms with Crippen molar-refractivity contribution in [1.29, 1.82) is 0 Å². The molecule has 1 aliphatic heterocycles. The Bertz CT molecular complexity index is 897. The molecule has 28 heavy (non-hydrogen) atoms. The average Bonchev–Trinajstić information content (AvgIpc) is 3.38. The summed E-state index contributed by atoms with van der Waals surface area (Å²) in [6.07, 6.45) is -1.36. The second kappa shape index (κ2) is 7.17. The molecule has 1 aliphatic carbocycles. The van der Waals surface area contributed by atoms with E-state index >= 15 is 0 Å². The molecule has 3 unspecified atom stereocenters. The van der Waals surface area contributed by atoms with E-state index in [1.54, 1.807) is 23.6 Å². The third-order valence-electron chi connectivity index (χ3n) is 5.06. The van der Waals surface area contributed by atoms with Gasteiger partial charge in [0.1, 0.15) is 0 Å². The van der Waals surface area contributed by atoms with Gasteiger partial charge in [0.25, 0.3) is 5.91 Å². The molecule has 1 aromatic heterocycles. The molecule has 3 N–H and O–H groups in total. The van der Waals surface area contributed by atoms with Crippen LogP contribution in [0.4, 0.5) is 18.9 Å². The molecular weight excluding hydrogens is 393 g/mol. The fourth-order valence-corrected chi connectivity index (χ4v) is 4.50. The van der Waals surface area contributed by atoms with E-state index in [1.165, 1.54) is 23.5 Å². The minimum Gasteiger partial charge on any atom is -0.347 e. The van der Waals surface area contributed by atoms with Crippen molar-refractivity contribution in [3.8, 4) is 10.4 Å². The van der Waals surface area contributed by atoms with Crippen molar-refractivity contribution in [3.63, 3.8) is 0 Å². The third-order valence-corrected chi connectivity index (χ3v) is 6.11. The zero-order valence-corrected chi connectivity index (χ0v) is 15.4. The SMILES string of the molecule is O=C(NC1CC2CC1CN2)c1ncc(-c2ccc(NC(=O)C(F)(F)F)cc2)s1. The van der Waals surface area contributed by atoms with Crippen LogP contribution in [0.15, 0.2) is 30.5 Å². The van der Waals surface area contributed by atoms with Crippen molar-refractivity contribution >= 4 is 28.8 Å². The second-order valence-electron chi connectivity index (χ2n) is 6.98. The molecule has 2 amide bonds. The molecule has 3 atom stereocenters. The van der Waals surface area contributed by atoms with Crippen LogP contribution in [-0.4, -0.2) is 41.6 Å². The van der Waals surface area contributed by atoms with Gasteiger partial charge in [-0.25, -0.2) is 4.98 Å². The molecule has 1 saturated carbocycles. The standard InChI is InChI=1S/C18H17F3N4O2S/c19-18(20,21)17(27)24-11-3-1-9(2-4-11)14-8-23-16(28-14)15(26)25-13-6-12-5-10(13)7-22-12/h1-4,8,10,12-13,22H,5-7H2,(H,24,27)(H,25,26). The molecule has 0 spiro atoms. The summed E-state index contributed by atoms with van der Waals surface area (Å²) in [7, 11) is 0. The Morgan fingerprint density at radius 1 is 1.18 bits per heavy atom. The Hall–Kier alpha value is -2.46. The number of fused-ring (bicyclic) bond motifs is 2. The number of aromatic nitrogens is 1. The van der Waals surface area contributed by atoms with E-state index in [2.05, 4.69) is 15.6 Å². The molecule has 0 radical (unpaired) electrons. The predicted molar refractivity (Wildman–Crippen MR) is 98.0 cm³/mol. The quantitative estimate of drug-likeness (QED) is 0.724. The van der Waals surface area contributed by atoms with Crippen molar-refractivity contribution in [2.24, 2.45) is 5.92 Å². The van der Waals surface area contributed by atoms with Crippen LogP contribution in [0.25, 0.3) is 10.4 Å². The first-order valence-corrected chi connectivity index (χ1v) is 9.60. The Kier molecular flexibility index (Phi) is 4.84. The maximum atomic E-state index is 12.5. The van der Waals surface area contributed by atoms with Gasteiger partial charge in [-0.1, -0.05) is 12.1 Å². The summed E-state index contributed by atoms with van der Waals surface area (Å²) in [5.74, 6) is -1.76. The Labute approximate surface area is 162 Å². The molecule has 10 heteroatoms. The smallest absolute Gasteiger partial charge is 0.347 e. The van der Waals surface area contributed by atoms with Gasteiger partial charge in [-0.15, -0.1) is 11.3 Å². The Balaban J connectivity index is 1.39. The molecule has 6 nitrogen and oxygen atoms in total. The van der Waals surface area contributed by atoms with E-state index in [-0.39, 0.29) is 17.6 Å².